The number of para-hydroxylation sites is 1. The predicted molar refractivity (Wildman–Crippen MR) is 111 cm³/mol. The number of carbonyl (C=O) groups excluding carboxylic acids is 1. The Balaban J connectivity index is 1.36. The SMILES string of the molecule is Cc1ccc(Nc2cnc(C(=O)N3CCN(c4ccccc4F)CC3)cn2)cc1. The van der Waals surface area contributed by atoms with E-state index in [1.165, 1.54) is 17.8 Å². The molecule has 1 aromatic heterocycles. The van der Waals surface area contributed by atoms with Gasteiger partial charge in [0.15, 0.2) is 0 Å². The van der Waals surface area contributed by atoms with Crippen LogP contribution in [0.2, 0.25) is 0 Å². The van der Waals surface area contributed by atoms with Gasteiger partial charge in [-0.2, -0.15) is 0 Å². The molecule has 1 aliphatic rings. The third kappa shape index (κ3) is 4.34. The van der Waals surface area contributed by atoms with Gasteiger partial charge >= 0.3 is 0 Å². The van der Waals surface area contributed by atoms with Gasteiger partial charge in [-0.05, 0) is 31.2 Å². The molecule has 4 rings (SSSR count). The number of aryl methyl sites for hydroxylation is 1. The van der Waals surface area contributed by atoms with Crippen molar-refractivity contribution in [3.05, 3.63) is 78.0 Å². The molecule has 3 aromatic rings. The molecule has 2 aromatic carbocycles. The normalized spacial score (nSPS) is 14.0. The van der Waals surface area contributed by atoms with E-state index in [1.54, 1.807) is 23.2 Å². The maximum absolute atomic E-state index is 14.0. The number of anilines is 3. The molecule has 2 heterocycles. The highest BCUT2D eigenvalue weighted by Crippen LogP contribution is 2.21. The molecule has 1 saturated heterocycles. The summed E-state index contributed by atoms with van der Waals surface area (Å²) in [6, 6.07) is 14.7. The summed E-state index contributed by atoms with van der Waals surface area (Å²) in [5.41, 5.74) is 2.97. The second kappa shape index (κ2) is 8.26. The van der Waals surface area contributed by atoms with Crippen molar-refractivity contribution in [1.82, 2.24) is 14.9 Å². The van der Waals surface area contributed by atoms with Gasteiger partial charge in [-0.1, -0.05) is 29.8 Å². The number of piperazine rings is 1. The zero-order chi connectivity index (χ0) is 20.2. The third-order valence-electron chi connectivity index (χ3n) is 4.95. The Morgan fingerprint density at radius 1 is 0.966 bits per heavy atom. The summed E-state index contributed by atoms with van der Waals surface area (Å²) >= 11 is 0. The minimum Gasteiger partial charge on any atom is -0.366 e. The van der Waals surface area contributed by atoms with Crippen molar-refractivity contribution < 1.29 is 9.18 Å². The first-order valence-corrected chi connectivity index (χ1v) is 9.54. The van der Waals surface area contributed by atoms with Gasteiger partial charge in [0.25, 0.3) is 5.91 Å². The minimum atomic E-state index is -0.241. The van der Waals surface area contributed by atoms with E-state index in [9.17, 15) is 9.18 Å². The highest BCUT2D eigenvalue weighted by atomic mass is 19.1. The van der Waals surface area contributed by atoms with Crippen molar-refractivity contribution in [3.63, 3.8) is 0 Å². The van der Waals surface area contributed by atoms with Crippen molar-refractivity contribution in [2.45, 2.75) is 6.92 Å². The zero-order valence-corrected chi connectivity index (χ0v) is 16.2. The van der Waals surface area contributed by atoms with Gasteiger partial charge in [-0.15, -0.1) is 0 Å². The van der Waals surface area contributed by atoms with E-state index in [2.05, 4.69) is 15.3 Å². The molecular formula is C22H22FN5O. The quantitative estimate of drug-likeness (QED) is 0.736. The van der Waals surface area contributed by atoms with Crippen LogP contribution in [-0.2, 0) is 0 Å². The molecule has 1 fully saturated rings. The van der Waals surface area contributed by atoms with Crippen LogP contribution in [-0.4, -0.2) is 47.0 Å². The van der Waals surface area contributed by atoms with Gasteiger partial charge in [0, 0.05) is 31.9 Å². The van der Waals surface area contributed by atoms with E-state index in [-0.39, 0.29) is 11.7 Å². The molecule has 0 spiro atoms. The molecule has 1 amide bonds. The standard InChI is InChI=1S/C22H22FN5O/c1-16-6-8-17(9-7-16)26-21-15-24-19(14-25-21)22(29)28-12-10-27(11-13-28)20-5-3-2-4-18(20)23/h2-9,14-15H,10-13H2,1H3,(H,25,26). The van der Waals surface area contributed by atoms with Gasteiger partial charge < -0.3 is 15.1 Å². The van der Waals surface area contributed by atoms with Gasteiger partial charge in [0.1, 0.15) is 17.3 Å². The number of nitrogens with one attached hydrogen (secondary N) is 1. The van der Waals surface area contributed by atoms with E-state index in [4.69, 9.17) is 0 Å². The molecule has 29 heavy (non-hydrogen) atoms. The lowest BCUT2D eigenvalue weighted by atomic mass is 10.2. The Kier molecular flexibility index (Phi) is 5.37. The lowest BCUT2D eigenvalue weighted by Gasteiger charge is -2.36. The number of nitrogens with zero attached hydrogens (tertiary/aromatic N) is 4. The van der Waals surface area contributed by atoms with E-state index in [0.717, 1.165) is 5.69 Å². The minimum absolute atomic E-state index is 0.160. The fourth-order valence-electron chi connectivity index (χ4n) is 3.31. The summed E-state index contributed by atoms with van der Waals surface area (Å²) < 4.78 is 14.0. The number of rotatable bonds is 4. The molecule has 0 unspecified atom stereocenters. The van der Waals surface area contributed by atoms with Crippen LogP contribution >= 0.6 is 0 Å². The molecule has 7 heteroatoms. The summed E-state index contributed by atoms with van der Waals surface area (Å²) in [5.74, 6) is 0.178. The highest BCUT2D eigenvalue weighted by Gasteiger charge is 2.24. The van der Waals surface area contributed by atoms with Crippen LogP contribution in [0.3, 0.4) is 0 Å². The van der Waals surface area contributed by atoms with Crippen molar-refractivity contribution in [2.24, 2.45) is 0 Å². The maximum Gasteiger partial charge on any atom is 0.274 e. The van der Waals surface area contributed by atoms with Crippen LogP contribution in [0.25, 0.3) is 0 Å². The second-order valence-electron chi connectivity index (χ2n) is 7.01. The van der Waals surface area contributed by atoms with E-state index < -0.39 is 0 Å². The number of halogens is 1. The third-order valence-corrected chi connectivity index (χ3v) is 4.95. The number of hydrogen-bond donors (Lipinski definition) is 1. The molecule has 0 saturated carbocycles. The molecule has 1 N–H and O–H groups in total. The summed E-state index contributed by atoms with van der Waals surface area (Å²) in [5, 5.41) is 3.17. The Hall–Kier alpha value is -3.48. The summed E-state index contributed by atoms with van der Waals surface area (Å²) in [7, 11) is 0. The fraction of sp³-hybridized carbons (Fsp3) is 0.227. The van der Waals surface area contributed by atoms with Crippen molar-refractivity contribution in [1.29, 1.82) is 0 Å². The largest absolute Gasteiger partial charge is 0.366 e. The van der Waals surface area contributed by atoms with Crippen molar-refractivity contribution in [2.75, 3.05) is 36.4 Å². The van der Waals surface area contributed by atoms with Crippen LogP contribution in [0.1, 0.15) is 16.1 Å². The molecule has 0 bridgehead atoms. The summed E-state index contributed by atoms with van der Waals surface area (Å²) in [6.45, 7) is 4.21. The molecule has 0 atom stereocenters. The molecular weight excluding hydrogens is 369 g/mol. The maximum atomic E-state index is 14.0. The van der Waals surface area contributed by atoms with Crippen LogP contribution < -0.4 is 10.2 Å². The second-order valence-corrected chi connectivity index (χ2v) is 7.01. The molecule has 6 nitrogen and oxygen atoms in total. The average Bonchev–Trinajstić information content (AvgIpc) is 2.76. The van der Waals surface area contributed by atoms with Crippen molar-refractivity contribution in [3.8, 4) is 0 Å². The number of hydrogen-bond acceptors (Lipinski definition) is 5. The van der Waals surface area contributed by atoms with Crippen LogP contribution in [0.15, 0.2) is 60.9 Å². The molecule has 0 radical (unpaired) electrons. The van der Waals surface area contributed by atoms with E-state index in [1.807, 2.05) is 42.2 Å². The Bertz CT molecular complexity index is 983. The Morgan fingerprint density at radius 3 is 2.34 bits per heavy atom. The smallest absolute Gasteiger partial charge is 0.274 e. The van der Waals surface area contributed by atoms with E-state index >= 15 is 0 Å². The predicted octanol–water partition coefficient (Wildman–Crippen LogP) is 3.63. The lowest BCUT2D eigenvalue weighted by Crippen LogP contribution is -2.49. The number of aromatic nitrogens is 2. The topological polar surface area (TPSA) is 61.4 Å². The molecule has 1 aliphatic heterocycles. The van der Waals surface area contributed by atoms with Gasteiger partial charge in [0.05, 0.1) is 18.1 Å². The highest BCUT2D eigenvalue weighted by molar-refractivity contribution is 5.92. The van der Waals surface area contributed by atoms with E-state index in [0.29, 0.717) is 43.4 Å². The lowest BCUT2D eigenvalue weighted by molar-refractivity contribution is 0.0740. The summed E-state index contributed by atoms with van der Waals surface area (Å²) in [4.78, 5) is 25.0. The van der Waals surface area contributed by atoms with Gasteiger partial charge in [0.2, 0.25) is 0 Å². The number of carbonyl (C=O) groups is 1. The fourth-order valence-corrected chi connectivity index (χ4v) is 3.31. The zero-order valence-electron chi connectivity index (χ0n) is 16.2. The first kappa shape index (κ1) is 18.9. The first-order valence-electron chi connectivity index (χ1n) is 9.54. The van der Waals surface area contributed by atoms with Gasteiger partial charge in [-0.3, -0.25) is 4.79 Å². The van der Waals surface area contributed by atoms with Gasteiger partial charge in [-0.25, -0.2) is 14.4 Å². The molecule has 148 valence electrons. The number of benzene rings is 2. The van der Waals surface area contributed by atoms with Crippen LogP contribution in [0, 0.1) is 12.7 Å². The van der Waals surface area contributed by atoms with Crippen LogP contribution in [0.4, 0.5) is 21.6 Å². The first-order chi connectivity index (χ1) is 14.1. The monoisotopic (exact) mass is 391 g/mol. The van der Waals surface area contributed by atoms with Crippen LogP contribution in [0.5, 0.6) is 0 Å². The molecule has 0 aliphatic carbocycles. The Labute approximate surface area is 169 Å². The Morgan fingerprint density at radius 2 is 1.69 bits per heavy atom. The average molecular weight is 391 g/mol. The van der Waals surface area contributed by atoms with Crippen molar-refractivity contribution >= 4 is 23.1 Å². The summed E-state index contributed by atoms with van der Waals surface area (Å²) in [6.07, 6.45) is 3.05. The number of amides is 1.